The van der Waals surface area contributed by atoms with Crippen molar-refractivity contribution in [3.05, 3.63) is 29.3 Å². The minimum atomic E-state index is -4.45. The summed E-state index contributed by atoms with van der Waals surface area (Å²) in [6.07, 6.45) is -3.63. The van der Waals surface area contributed by atoms with E-state index in [0.717, 1.165) is 18.6 Å². The largest absolute Gasteiger partial charge is 0.416 e. The molecule has 1 aromatic carbocycles. The van der Waals surface area contributed by atoms with Crippen LogP contribution in [-0.2, 0) is 10.9 Å². The second-order valence-corrected chi connectivity index (χ2v) is 4.78. The van der Waals surface area contributed by atoms with Crippen molar-refractivity contribution in [1.29, 1.82) is 5.26 Å². The van der Waals surface area contributed by atoms with Crippen molar-refractivity contribution < 1.29 is 17.9 Å². The topological polar surface area (TPSA) is 36.3 Å². The van der Waals surface area contributed by atoms with Crippen molar-refractivity contribution in [2.45, 2.75) is 32.5 Å². The van der Waals surface area contributed by atoms with Crippen LogP contribution in [0.1, 0.15) is 31.4 Å². The maximum atomic E-state index is 12.7. The number of nitrogens with zero attached hydrogens (tertiary/aromatic N) is 2. The Morgan fingerprint density at radius 2 is 2.05 bits per heavy atom. The highest BCUT2D eigenvalue weighted by Crippen LogP contribution is 2.33. The molecule has 0 aromatic heterocycles. The van der Waals surface area contributed by atoms with E-state index in [1.165, 1.54) is 6.07 Å². The van der Waals surface area contributed by atoms with Gasteiger partial charge in [0.2, 0.25) is 0 Å². The predicted octanol–water partition coefficient (Wildman–Crippen LogP) is 3.83. The van der Waals surface area contributed by atoms with E-state index in [2.05, 4.69) is 0 Å². The van der Waals surface area contributed by atoms with Gasteiger partial charge in [0.1, 0.15) is 6.07 Å². The third-order valence-corrected chi connectivity index (χ3v) is 3.41. The molecule has 0 heterocycles. The van der Waals surface area contributed by atoms with Crippen molar-refractivity contribution in [1.82, 2.24) is 0 Å². The molecule has 0 bridgehead atoms. The molecule has 0 fully saturated rings. The average Bonchev–Trinajstić information content (AvgIpc) is 2.46. The van der Waals surface area contributed by atoms with Crippen LogP contribution in [0.4, 0.5) is 18.9 Å². The van der Waals surface area contributed by atoms with E-state index in [1.807, 2.05) is 24.8 Å². The molecular formula is C15H19F3N2O. The summed E-state index contributed by atoms with van der Waals surface area (Å²) < 4.78 is 43.2. The van der Waals surface area contributed by atoms with Gasteiger partial charge in [-0.1, -0.05) is 6.92 Å². The molecule has 0 saturated carbocycles. The van der Waals surface area contributed by atoms with Gasteiger partial charge in [0.15, 0.2) is 0 Å². The highest BCUT2D eigenvalue weighted by Gasteiger charge is 2.31. The highest BCUT2D eigenvalue weighted by atomic mass is 19.4. The predicted molar refractivity (Wildman–Crippen MR) is 75.1 cm³/mol. The Labute approximate surface area is 122 Å². The van der Waals surface area contributed by atoms with Crippen molar-refractivity contribution in [2.24, 2.45) is 0 Å². The minimum absolute atomic E-state index is 0.0289. The number of rotatable bonds is 6. The molecule has 1 unspecified atom stereocenters. The lowest BCUT2D eigenvalue weighted by molar-refractivity contribution is -0.137. The van der Waals surface area contributed by atoms with Gasteiger partial charge in [-0.3, -0.25) is 0 Å². The normalized spacial score (nSPS) is 12.8. The molecule has 1 atom stereocenters. The van der Waals surface area contributed by atoms with Crippen molar-refractivity contribution in [2.75, 3.05) is 25.2 Å². The van der Waals surface area contributed by atoms with Crippen LogP contribution in [0.2, 0.25) is 0 Å². The first kappa shape index (κ1) is 17.3. The second kappa shape index (κ2) is 7.32. The van der Waals surface area contributed by atoms with Crippen LogP contribution in [0, 0.1) is 11.3 Å². The molecular weight excluding hydrogens is 281 g/mol. The van der Waals surface area contributed by atoms with Crippen LogP contribution < -0.4 is 4.90 Å². The second-order valence-electron chi connectivity index (χ2n) is 4.78. The third kappa shape index (κ3) is 4.36. The van der Waals surface area contributed by atoms with Crippen LogP contribution in [0.25, 0.3) is 0 Å². The summed E-state index contributed by atoms with van der Waals surface area (Å²) in [6, 6.07) is 5.24. The molecule has 0 aliphatic carbocycles. The fourth-order valence-corrected chi connectivity index (χ4v) is 2.04. The summed E-state index contributed by atoms with van der Waals surface area (Å²) >= 11 is 0. The smallest absolute Gasteiger partial charge is 0.383 e. The lowest BCUT2D eigenvalue weighted by Crippen LogP contribution is -2.36. The summed E-state index contributed by atoms with van der Waals surface area (Å²) in [6.45, 7) is 4.91. The van der Waals surface area contributed by atoms with Gasteiger partial charge < -0.3 is 9.64 Å². The van der Waals surface area contributed by atoms with Crippen LogP contribution in [0.3, 0.4) is 0 Å². The molecule has 0 aliphatic rings. The molecule has 0 spiro atoms. The first-order valence-corrected chi connectivity index (χ1v) is 6.72. The summed E-state index contributed by atoms with van der Waals surface area (Å²) in [4.78, 5) is 1.90. The van der Waals surface area contributed by atoms with E-state index < -0.39 is 11.7 Å². The zero-order valence-electron chi connectivity index (χ0n) is 12.4. The van der Waals surface area contributed by atoms with Crippen molar-refractivity contribution in [3.8, 4) is 6.07 Å². The van der Waals surface area contributed by atoms with E-state index in [4.69, 9.17) is 10.00 Å². The zero-order chi connectivity index (χ0) is 16.0. The molecule has 3 nitrogen and oxygen atoms in total. The third-order valence-electron chi connectivity index (χ3n) is 3.41. The van der Waals surface area contributed by atoms with E-state index in [1.54, 1.807) is 7.11 Å². The lowest BCUT2D eigenvalue weighted by atomic mass is 10.1. The first-order valence-electron chi connectivity index (χ1n) is 6.72. The maximum Gasteiger partial charge on any atom is 0.416 e. The maximum absolute atomic E-state index is 12.7. The number of methoxy groups -OCH3 is 1. The first-order chi connectivity index (χ1) is 9.85. The number of halogens is 3. The van der Waals surface area contributed by atoms with Gasteiger partial charge in [0.05, 0.1) is 23.4 Å². The van der Waals surface area contributed by atoms with Gasteiger partial charge in [0.25, 0.3) is 0 Å². The summed E-state index contributed by atoms with van der Waals surface area (Å²) in [5.41, 5.74) is -0.267. The Hall–Kier alpha value is -1.74. The summed E-state index contributed by atoms with van der Waals surface area (Å²) in [7, 11) is 1.56. The molecule has 0 radical (unpaired) electrons. The van der Waals surface area contributed by atoms with Gasteiger partial charge in [0, 0.05) is 19.7 Å². The lowest BCUT2D eigenvalue weighted by Gasteiger charge is -2.31. The number of anilines is 1. The summed E-state index contributed by atoms with van der Waals surface area (Å²) in [5, 5.41) is 9.16. The Morgan fingerprint density at radius 1 is 1.38 bits per heavy atom. The van der Waals surface area contributed by atoms with E-state index in [0.29, 0.717) is 18.8 Å². The Morgan fingerprint density at radius 3 is 2.52 bits per heavy atom. The number of alkyl halides is 3. The molecule has 0 N–H and O–H groups in total. The minimum Gasteiger partial charge on any atom is -0.383 e. The SMILES string of the molecule is CCC(C)N(CCOC)c1ccc(C(F)(F)F)cc1C#N. The van der Waals surface area contributed by atoms with Crippen LogP contribution in [-0.4, -0.2) is 26.3 Å². The number of benzene rings is 1. The van der Waals surface area contributed by atoms with E-state index in [9.17, 15) is 13.2 Å². The number of hydrogen-bond acceptors (Lipinski definition) is 3. The standard InChI is InChI=1S/C15H19F3N2O/c1-4-11(2)20(7-8-21-3)14-6-5-13(15(16,17)18)9-12(14)10-19/h5-6,9,11H,4,7-8H2,1-3H3. The molecule has 6 heteroatoms. The fourth-order valence-electron chi connectivity index (χ4n) is 2.04. The van der Waals surface area contributed by atoms with Crippen molar-refractivity contribution in [3.63, 3.8) is 0 Å². The number of ether oxygens (including phenoxy) is 1. The fraction of sp³-hybridized carbons (Fsp3) is 0.533. The monoisotopic (exact) mass is 300 g/mol. The molecule has 0 aliphatic heterocycles. The Kier molecular flexibility index (Phi) is 6.03. The highest BCUT2D eigenvalue weighted by molar-refractivity contribution is 5.61. The van der Waals surface area contributed by atoms with Gasteiger partial charge in [-0.2, -0.15) is 18.4 Å². The van der Waals surface area contributed by atoms with Gasteiger partial charge in [-0.25, -0.2) is 0 Å². The van der Waals surface area contributed by atoms with Crippen molar-refractivity contribution >= 4 is 5.69 Å². The van der Waals surface area contributed by atoms with Gasteiger partial charge in [-0.15, -0.1) is 0 Å². The molecule has 1 aromatic rings. The molecule has 116 valence electrons. The van der Waals surface area contributed by atoms with Crippen LogP contribution in [0.15, 0.2) is 18.2 Å². The molecule has 0 saturated heterocycles. The van der Waals surface area contributed by atoms with Crippen LogP contribution >= 0.6 is 0 Å². The molecule has 1 rings (SSSR count). The Bertz CT molecular complexity index is 509. The average molecular weight is 300 g/mol. The summed E-state index contributed by atoms with van der Waals surface area (Å²) in [5.74, 6) is 0. The zero-order valence-corrected chi connectivity index (χ0v) is 12.4. The Balaban J connectivity index is 3.22. The van der Waals surface area contributed by atoms with E-state index >= 15 is 0 Å². The molecule has 0 amide bonds. The van der Waals surface area contributed by atoms with Gasteiger partial charge in [-0.05, 0) is 31.5 Å². The number of hydrogen-bond donors (Lipinski definition) is 0. The van der Waals surface area contributed by atoms with Crippen LogP contribution in [0.5, 0.6) is 0 Å². The van der Waals surface area contributed by atoms with E-state index in [-0.39, 0.29) is 11.6 Å². The van der Waals surface area contributed by atoms with Gasteiger partial charge >= 0.3 is 6.18 Å². The number of nitriles is 1. The molecule has 21 heavy (non-hydrogen) atoms. The quantitative estimate of drug-likeness (QED) is 0.801.